The fourth-order valence-electron chi connectivity index (χ4n) is 1.67. The van der Waals surface area contributed by atoms with Crippen molar-refractivity contribution in [2.45, 2.75) is 38.8 Å². The Labute approximate surface area is 101 Å². The predicted octanol–water partition coefficient (Wildman–Crippen LogP) is 0.574. The maximum absolute atomic E-state index is 11.5. The van der Waals surface area contributed by atoms with E-state index in [1.165, 1.54) is 0 Å². The van der Waals surface area contributed by atoms with Crippen LogP contribution in [0.2, 0.25) is 0 Å². The standard InChI is InChI=1S/C11H20N2O4/c1-7(10(14)15)3-5-12-11(16)13-9-4-6-17-8(9)2/h7-9H,3-6H2,1-2H3,(H,14,15)(H2,12,13,16). The highest BCUT2D eigenvalue weighted by molar-refractivity contribution is 5.74. The molecular weight excluding hydrogens is 224 g/mol. The van der Waals surface area contributed by atoms with Crippen molar-refractivity contribution >= 4 is 12.0 Å². The molecule has 3 unspecified atom stereocenters. The lowest BCUT2D eigenvalue weighted by Crippen LogP contribution is -2.45. The van der Waals surface area contributed by atoms with Gasteiger partial charge in [0.2, 0.25) is 0 Å². The highest BCUT2D eigenvalue weighted by Crippen LogP contribution is 2.12. The molecule has 0 saturated carbocycles. The topological polar surface area (TPSA) is 87.7 Å². The van der Waals surface area contributed by atoms with E-state index in [0.717, 1.165) is 6.42 Å². The lowest BCUT2D eigenvalue weighted by molar-refractivity contribution is -0.141. The molecule has 6 nitrogen and oxygen atoms in total. The number of hydrogen-bond acceptors (Lipinski definition) is 3. The molecule has 0 aromatic heterocycles. The molecule has 0 aromatic carbocycles. The van der Waals surface area contributed by atoms with E-state index in [1.807, 2.05) is 6.92 Å². The van der Waals surface area contributed by atoms with E-state index in [0.29, 0.717) is 19.6 Å². The summed E-state index contributed by atoms with van der Waals surface area (Å²) in [5.41, 5.74) is 0. The second-order valence-electron chi connectivity index (χ2n) is 4.40. The zero-order valence-electron chi connectivity index (χ0n) is 10.2. The summed E-state index contributed by atoms with van der Waals surface area (Å²) in [7, 11) is 0. The van der Waals surface area contributed by atoms with Crippen LogP contribution in [0.1, 0.15) is 26.7 Å². The molecular formula is C11H20N2O4. The summed E-state index contributed by atoms with van der Waals surface area (Å²) in [4.78, 5) is 22.0. The van der Waals surface area contributed by atoms with Crippen LogP contribution in [-0.2, 0) is 9.53 Å². The number of nitrogens with one attached hydrogen (secondary N) is 2. The largest absolute Gasteiger partial charge is 0.481 e. The molecule has 2 amide bonds. The van der Waals surface area contributed by atoms with E-state index in [4.69, 9.17) is 9.84 Å². The van der Waals surface area contributed by atoms with Gasteiger partial charge in [-0.05, 0) is 19.8 Å². The van der Waals surface area contributed by atoms with Crippen LogP contribution in [0.4, 0.5) is 4.79 Å². The molecule has 17 heavy (non-hydrogen) atoms. The Morgan fingerprint density at radius 1 is 1.53 bits per heavy atom. The first kappa shape index (κ1) is 13.8. The highest BCUT2D eigenvalue weighted by atomic mass is 16.5. The number of hydrogen-bond donors (Lipinski definition) is 3. The first-order valence-corrected chi connectivity index (χ1v) is 5.89. The van der Waals surface area contributed by atoms with E-state index in [1.54, 1.807) is 6.92 Å². The molecule has 0 aromatic rings. The average molecular weight is 244 g/mol. The molecule has 0 radical (unpaired) electrons. The van der Waals surface area contributed by atoms with E-state index in [-0.39, 0.29) is 18.2 Å². The summed E-state index contributed by atoms with van der Waals surface area (Å²) >= 11 is 0. The van der Waals surface area contributed by atoms with Crippen molar-refractivity contribution in [2.24, 2.45) is 5.92 Å². The third kappa shape index (κ3) is 4.60. The second kappa shape index (κ2) is 6.44. The molecule has 1 aliphatic heterocycles. The summed E-state index contributed by atoms with van der Waals surface area (Å²) in [6.45, 7) is 4.57. The first-order valence-electron chi connectivity index (χ1n) is 5.89. The third-order valence-electron chi connectivity index (χ3n) is 2.98. The summed E-state index contributed by atoms with van der Waals surface area (Å²) in [6, 6.07) is -0.211. The molecule has 0 spiro atoms. The zero-order chi connectivity index (χ0) is 12.8. The SMILES string of the molecule is CC(CCNC(=O)NC1CCOC1C)C(=O)O. The molecule has 1 fully saturated rings. The molecule has 3 atom stereocenters. The van der Waals surface area contributed by atoms with E-state index >= 15 is 0 Å². The van der Waals surface area contributed by atoms with Crippen LogP contribution in [0, 0.1) is 5.92 Å². The molecule has 6 heteroatoms. The van der Waals surface area contributed by atoms with Crippen molar-refractivity contribution in [1.29, 1.82) is 0 Å². The van der Waals surface area contributed by atoms with Gasteiger partial charge in [0.1, 0.15) is 0 Å². The van der Waals surface area contributed by atoms with Gasteiger partial charge < -0.3 is 20.5 Å². The fourth-order valence-corrected chi connectivity index (χ4v) is 1.67. The number of carboxylic acids is 1. The Hall–Kier alpha value is -1.30. The highest BCUT2D eigenvalue weighted by Gasteiger charge is 2.25. The van der Waals surface area contributed by atoms with E-state index in [9.17, 15) is 9.59 Å². The minimum Gasteiger partial charge on any atom is -0.481 e. The van der Waals surface area contributed by atoms with Crippen molar-refractivity contribution in [2.75, 3.05) is 13.2 Å². The minimum absolute atomic E-state index is 0.0405. The van der Waals surface area contributed by atoms with Gasteiger partial charge in [-0.1, -0.05) is 6.92 Å². The number of amides is 2. The van der Waals surface area contributed by atoms with Gasteiger partial charge >= 0.3 is 12.0 Å². The maximum atomic E-state index is 11.5. The number of ether oxygens (including phenoxy) is 1. The van der Waals surface area contributed by atoms with Gasteiger partial charge in [0, 0.05) is 13.2 Å². The number of aliphatic carboxylic acids is 1. The van der Waals surface area contributed by atoms with Crippen LogP contribution in [0.5, 0.6) is 0 Å². The quantitative estimate of drug-likeness (QED) is 0.660. The Morgan fingerprint density at radius 2 is 2.24 bits per heavy atom. The van der Waals surface area contributed by atoms with Crippen molar-refractivity contribution in [1.82, 2.24) is 10.6 Å². The number of carbonyl (C=O) groups is 2. The zero-order valence-corrected chi connectivity index (χ0v) is 10.2. The summed E-state index contributed by atoms with van der Waals surface area (Å²) in [5, 5.41) is 14.1. The Kier molecular flexibility index (Phi) is 5.21. The van der Waals surface area contributed by atoms with Gasteiger partial charge in [-0.25, -0.2) is 4.79 Å². The smallest absolute Gasteiger partial charge is 0.315 e. The fraction of sp³-hybridized carbons (Fsp3) is 0.818. The van der Waals surface area contributed by atoms with E-state index < -0.39 is 11.9 Å². The van der Waals surface area contributed by atoms with Crippen molar-refractivity contribution in [3.05, 3.63) is 0 Å². The first-order chi connectivity index (χ1) is 8.00. The van der Waals surface area contributed by atoms with Gasteiger partial charge in [-0.15, -0.1) is 0 Å². The lowest BCUT2D eigenvalue weighted by Gasteiger charge is -2.16. The molecule has 1 aliphatic rings. The number of rotatable bonds is 5. The molecule has 1 rings (SSSR count). The summed E-state index contributed by atoms with van der Waals surface area (Å²) in [5.74, 6) is -1.28. The number of carbonyl (C=O) groups excluding carboxylic acids is 1. The van der Waals surface area contributed by atoms with E-state index in [2.05, 4.69) is 10.6 Å². The third-order valence-corrected chi connectivity index (χ3v) is 2.98. The summed E-state index contributed by atoms with van der Waals surface area (Å²) < 4.78 is 5.32. The van der Waals surface area contributed by atoms with Crippen LogP contribution in [-0.4, -0.2) is 42.4 Å². The molecule has 98 valence electrons. The van der Waals surface area contributed by atoms with Gasteiger partial charge in [0.25, 0.3) is 0 Å². The number of urea groups is 1. The second-order valence-corrected chi connectivity index (χ2v) is 4.40. The molecule has 1 saturated heterocycles. The Morgan fingerprint density at radius 3 is 2.76 bits per heavy atom. The number of carboxylic acid groups (broad SMARTS) is 1. The Balaban J connectivity index is 2.15. The molecule has 1 heterocycles. The monoisotopic (exact) mass is 244 g/mol. The lowest BCUT2D eigenvalue weighted by atomic mass is 10.1. The Bertz CT molecular complexity index is 283. The van der Waals surface area contributed by atoms with Crippen LogP contribution >= 0.6 is 0 Å². The van der Waals surface area contributed by atoms with Gasteiger partial charge in [-0.3, -0.25) is 4.79 Å². The maximum Gasteiger partial charge on any atom is 0.315 e. The normalized spacial score (nSPS) is 25.3. The van der Waals surface area contributed by atoms with Gasteiger partial charge in [0.15, 0.2) is 0 Å². The molecule has 0 bridgehead atoms. The van der Waals surface area contributed by atoms with Crippen molar-refractivity contribution in [3.63, 3.8) is 0 Å². The van der Waals surface area contributed by atoms with Crippen LogP contribution in [0.15, 0.2) is 0 Å². The minimum atomic E-state index is -0.843. The van der Waals surface area contributed by atoms with Gasteiger partial charge in [-0.2, -0.15) is 0 Å². The predicted molar refractivity (Wildman–Crippen MR) is 61.8 cm³/mol. The van der Waals surface area contributed by atoms with Gasteiger partial charge in [0.05, 0.1) is 18.1 Å². The molecule has 0 aliphatic carbocycles. The average Bonchev–Trinajstić information content (AvgIpc) is 2.64. The summed E-state index contributed by atoms with van der Waals surface area (Å²) in [6.07, 6.45) is 1.29. The molecule has 3 N–H and O–H groups in total. The van der Waals surface area contributed by atoms with Crippen molar-refractivity contribution < 1.29 is 19.4 Å². The van der Waals surface area contributed by atoms with Crippen molar-refractivity contribution in [3.8, 4) is 0 Å². The van der Waals surface area contributed by atoms with Crippen LogP contribution in [0.3, 0.4) is 0 Å². The van der Waals surface area contributed by atoms with Crippen LogP contribution < -0.4 is 10.6 Å². The van der Waals surface area contributed by atoms with Crippen LogP contribution in [0.25, 0.3) is 0 Å².